The number of rotatable bonds is 2. The van der Waals surface area contributed by atoms with E-state index < -0.39 is 17.3 Å². The number of thiophene rings is 1. The van der Waals surface area contributed by atoms with Crippen LogP contribution in [0.5, 0.6) is 5.88 Å². The largest absolute Gasteiger partial charge is 0.493 e. The van der Waals surface area contributed by atoms with Gasteiger partial charge in [-0.2, -0.15) is 4.98 Å². The van der Waals surface area contributed by atoms with Gasteiger partial charge in [-0.1, -0.05) is 23.7 Å². The predicted octanol–water partition coefficient (Wildman–Crippen LogP) is 3.66. The van der Waals surface area contributed by atoms with Gasteiger partial charge in [-0.3, -0.25) is 4.79 Å². The maximum Gasteiger partial charge on any atom is 0.262 e. The number of aromatic hydroxyl groups is 1. The molecule has 0 saturated heterocycles. The Morgan fingerprint density at radius 1 is 1.29 bits per heavy atom. The Kier molecular flexibility index (Phi) is 3.48. The smallest absolute Gasteiger partial charge is 0.262 e. The molecule has 0 fully saturated rings. The van der Waals surface area contributed by atoms with Crippen molar-refractivity contribution in [3.05, 3.63) is 56.9 Å². The lowest BCUT2D eigenvalue weighted by Gasteiger charge is -2.05. The number of nitrogens with zero attached hydrogens (tertiary/aromatic N) is 1. The number of halogens is 2. The number of nitrogens with one attached hydrogen (secondary N) is 1. The molecular weight excluding hydrogens is 315 g/mol. The monoisotopic (exact) mass is 322 g/mol. The van der Waals surface area contributed by atoms with E-state index in [2.05, 4.69) is 9.97 Å². The van der Waals surface area contributed by atoms with Gasteiger partial charge in [0.25, 0.3) is 5.56 Å². The summed E-state index contributed by atoms with van der Waals surface area (Å²) >= 11 is 7.05. The first kappa shape index (κ1) is 13.8. The normalized spacial score (nSPS) is 10.8. The topological polar surface area (TPSA) is 66.0 Å². The Balaban J connectivity index is 2.15. The number of aromatic amines is 1. The van der Waals surface area contributed by atoms with Gasteiger partial charge in [-0.25, -0.2) is 4.39 Å². The zero-order chi connectivity index (χ0) is 15.0. The van der Waals surface area contributed by atoms with Crippen molar-refractivity contribution in [2.45, 2.75) is 0 Å². The second-order valence-corrected chi connectivity index (χ2v) is 5.94. The first-order chi connectivity index (χ1) is 10.0. The summed E-state index contributed by atoms with van der Waals surface area (Å²) in [5.41, 5.74) is -0.356. The highest BCUT2D eigenvalue weighted by molar-refractivity contribution is 7.19. The molecule has 2 heterocycles. The van der Waals surface area contributed by atoms with Crippen LogP contribution in [0.3, 0.4) is 0 Å². The van der Waals surface area contributed by atoms with E-state index in [-0.39, 0.29) is 17.0 Å². The standard InChI is InChI=1S/C14H8ClFN2O2S/c15-10-5-4-9(21-10)12-17-13(19)11(14(20)18-12)7-2-1-3-8(16)6-7/h1-6H,(H2,17,18,19,20). The van der Waals surface area contributed by atoms with E-state index in [4.69, 9.17) is 11.6 Å². The van der Waals surface area contributed by atoms with Crippen molar-refractivity contribution in [3.63, 3.8) is 0 Å². The van der Waals surface area contributed by atoms with Crippen LogP contribution in [0.2, 0.25) is 4.34 Å². The molecule has 0 radical (unpaired) electrons. The molecule has 0 amide bonds. The Bertz CT molecular complexity index is 875. The molecule has 7 heteroatoms. The second kappa shape index (κ2) is 5.31. The van der Waals surface area contributed by atoms with Crippen molar-refractivity contribution in [1.29, 1.82) is 0 Å². The van der Waals surface area contributed by atoms with Crippen molar-refractivity contribution < 1.29 is 9.50 Å². The minimum atomic E-state index is -0.548. The molecule has 0 saturated carbocycles. The van der Waals surface area contributed by atoms with Crippen molar-refractivity contribution in [2.24, 2.45) is 0 Å². The molecule has 0 aliphatic rings. The van der Waals surface area contributed by atoms with Gasteiger partial charge in [-0.05, 0) is 29.8 Å². The van der Waals surface area contributed by atoms with Gasteiger partial charge in [0.2, 0.25) is 5.88 Å². The van der Waals surface area contributed by atoms with Gasteiger partial charge in [-0.15, -0.1) is 11.3 Å². The summed E-state index contributed by atoms with van der Waals surface area (Å²) in [5.74, 6) is -0.737. The summed E-state index contributed by atoms with van der Waals surface area (Å²) in [6, 6.07) is 8.75. The number of hydrogen-bond acceptors (Lipinski definition) is 4. The minimum absolute atomic E-state index is 0.0686. The third-order valence-corrected chi connectivity index (χ3v) is 4.06. The fraction of sp³-hybridized carbons (Fsp3) is 0. The van der Waals surface area contributed by atoms with Crippen molar-refractivity contribution >= 4 is 22.9 Å². The minimum Gasteiger partial charge on any atom is -0.493 e. The van der Waals surface area contributed by atoms with Crippen molar-refractivity contribution in [1.82, 2.24) is 9.97 Å². The molecule has 1 aromatic carbocycles. The lowest BCUT2D eigenvalue weighted by molar-refractivity contribution is 0.454. The summed E-state index contributed by atoms with van der Waals surface area (Å²) < 4.78 is 13.8. The molecule has 0 aliphatic heterocycles. The Morgan fingerprint density at radius 2 is 2.10 bits per heavy atom. The quantitative estimate of drug-likeness (QED) is 0.756. The van der Waals surface area contributed by atoms with E-state index in [1.165, 1.54) is 29.5 Å². The van der Waals surface area contributed by atoms with E-state index in [1.54, 1.807) is 12.1 Å². The Hall–Kier alpha value is -2.18. The molecule has 4 nitrogen and oxygen atoms in total. The second-order valence-electron chi connectivity index (χ2n) is 4.23. The van der Waals surface area contributed by atoms with Crippen LogP contribution in [0.25, 0.3) is 21.8 Å². The van der Waals surface area contributed by atoms with Crippen molar-refractivity contribution in [2.75, 3.05) is 0 Å². The van der Waals surface area contributed by atoms with Crippen LogP contribution in [-0.4, -0.2) is 15.1 Å². The van der Waals surface area contributed by atoms with Crippen LogP contribution in [0.15, 0.2) is 41.2 Å². The predicted molar refractivity (Wildman–Crippen MR) is 80.2 cm³/mol. The molecule has 106 valence electrons. The number of aromatic nitrogens is 2. The van der Waals surface area contributed by atoms with Gasteiger partial charge < -0.3 is 10.1 Å². The molecule has 0 atom stereocenters. The van der Waals surface area contributed by atoms with Crippen LogP contribution >= 0.6 is 22.9 Å². The highest BCUT2D eigenvalue weighted by atomic mass is 35.5. The first-order valence-electron chi connectivity index (χ1n) is 5.89. The summed E-state index contributed by atoms with van der Waals surface area (Å²) in [4.78, 5) is 19.3. The van der Waals surface area contributed by atoms with Gasteiger partial charge in [0, 0.05) is 0 Å². The van der Waals surface area contributed by atoms with E-state index in [0.29, 0.717) is 9.21 Å². The van der Waals surface area contributed by atoms with Crippen LogP contribution in [0.4, 0.5) is 4.39 Å². The first-order valence-corrected chi connectivity index (χ1v) is 7.09. The van der Waals surface area contributed by atoms with Crippen LogP contribution < -0.4 is 5.56 Å². The average molecular weight is 323 g/mol. The fourth-order valence-electron chi connectivity index (χ4n) is 1.92. The number of H-pyrrole nitrogens is 1. The number of hydrogen-bond donors (Lipinski definition) is 2. The lowest BCUT2D eigenvalue weighted by atomic mass is 10.1. The summed E-state index contributed by atoms with van der Waals surface area (Å²) in [6.45, 7) is 0. The average Bonchev–Trinajstić information content (AvgIpc) is 2.85. The molecule has 3 rings (SSSR count). The highest BCUT2D eigenvalue weighted by Crippen LogP contribution is 2.31. The van der Waals surface area contributed by atoms with Crippen LogP contribution in [0.1, 0.15) is 0 Å². The maximum absolute atomic E-state index is 13.2. The van der Waals surface area contributed by atoms with E-state index in [1.807, 2.05) is 0 Å². The van der Waals surface area contributed by atoms with Gasteiger partial charge in [0.15, 0.2) is 5.82 Å². The molecule has 0 aliphatic carbocycles. The van der Waals surface area contributed by atoms with Crippen LogP contribution in [0, 0.1) is 5.82 Å². The molecule has 3 aromatic rings. The Morgan fingerprint density at radius 3 is 2.71 bits per heavy atom. The molecule has 2 aromatic heterocycles. The van der Waals surface area contributed by atoms with Gasteiger partial charge >= 0.3 is 0 Å². The van der Waals surface area contributed by atoms with Gasteiger partial charge in [0.1, 0.15) is 11.4 Å². The molecule has 0 bridgehead atoms. The van der Waals surface area contributed by atoms with E-state index in [9.17, 15) is 14.3 Å². The zero-order valence-corrected chi connectivity index (χ0v) is 12.0. The molecular formula is C14H8ClFN2O2S. The third kappa shape index (κ3) is 2.68. The maximum atomic E-state index is 13.2. The summed E-state index contributed by atoms with van der Waals surface area (Å²) in [7, 11) is 0. The SMILES string of the molecule is O=c1[nH]c(-c2ccc(Cl)s2)nc(O)c1-c1cccc(F)c1. The molecule has 2 N–H and O–H groups in total. The summed E-state index contributed by atoms with van der Waals surface area (Å²) in [5, 5.41) is 10.0. The molecule has 0 spiro atoms. The zero-order valence-electron chi connectivity index (χ0n) is 10.4. The highest BCUT2D eigenvalue weighted by Gasteiger charge is 2.15. The van der Waals surface area contributed by atoms with E-state index >= 15 is 0 Å². The van der Waals surface area contributed by atoms with E-state index in [0.717, 1.165) is 6.07 Å². The van der Waals surface area contributed by atoms with Crippen molar-refractivity contribution in [3.8, 4) is 27.7 Å². The molecule has 0 unspecified atom stereocenters. The third-order valence-electron chi connectivity index (χ3n) is 2.82. The lowest BCUT2D eigenvalue weighted by Crippen LogP contribution is -2.11. The number of benzene rings is 1. The fourth-order valence-corrected chi connectivity index (χ4v) is 2.91. The Labute approximate surface area is 127 Å². The summed E-state index contributed by atoms with van der Waals surface area (Å²) in [6.07, 6.45) is 0. The van der Waals surface area contributed by atoms with Gasteiger partial charge in [0.05, 0.1) is 9.21 Å². The van der Waals surface area contributed by atoms with Crippen LogP contribution in [-0.2, 0) is 0 Å². The molecule has 21 heavy (non-hydrogen) atoms.